The fourth-order valence-corrected chi connectivity index (χ4v) is 3.79. The molecule has 7 nitrogen and oxygen atoms in total. The normalized spacial score (nSPS) is 15.8. The highest BCUT2D eigenvalue weighted by Crippen LogP contribution is 2.23. The van der Waals surface area contributed by atoms with Crippen molar-refractivity contribution in [2.24, 2.45) is 0 Å². The van der Waals surface area contributed by atoms with Crippen LogP contribution in [0.3, 0.4) is 0 Å². The molecule has 0 aliphatic carbocycles. The fraction of sp³-hybridized carbons (Fsp3) is 0.364. The number of nitrogens with one attached hydrogen (secondary N) is 2. The lowest BCUT2D eigenvalue weighted by atomic mass is 10.0. The van der Waals surface area contributed by atoms with Crippen LogP contribution in [-0.4, -0.2) is 39.0 Å². The van der Waals surface area contributed by atoms with Gasteiger partial charge in [0.1, 0.15) is 0 Å². The molecule has 0 spiro atoms. The van der Waals surface area contributed by atoms with Gasteiger partial charge in [-0.2, -0.15) is 0 Å². The number of amides is 1. The van der Waals surface area contributed by atoms with Crippen molar-refractivity contribution >= 4 is 5.91 Å². The van der Waals surface area contributed by atoms with E-state index in [1.165, 1.54) is 0 Å². The number of piperidine rings is 1. The van der Waals surface area contributed by atoms with Crippen molar-refractivity contribution in [3.8, 4) is 11.1 Å². The van der Waals surface area contributed by atoms with Crippen LogP contribution in [0.5, 0.6) is 0 Å². The van der Waals surface area contributed by atoms with Crippen molar-refractivity contribution in [3.63, 3.8) is 0 Å². The summed E-state index contributed by atoms with van der Waals surface area (Å²) in [5.74, 6) is -0.188. The van der Waals surface area contributed by atoms with E-state index >= 15 is 0 Å². The van der Waals surface area contributed by atoms with E-state index in [-0.39, 0.29) is 11.9 Å². The zero-order valence-electron chi connectivity index (χ0n) is 16.8. The van der Waals surface area contributed by atoms with E-state index in [1.54, 1.807) is 6.20 Å². The minimum Gasteiger partial charge on any atom is -0.344 e. The molecule has 2 N–H and O–H groups in total. The molecule has 150 valence electrons. The van der Waals surface area contributed by atoms with Crippen molar-refractivity contribution in [1.29, 1.82) is 0 Å². The highest BCUT2D eigenvalue weighted by atomic mass is 16.2. The van der Waals surface area contributed by atoms with Gasteiger partial charge in [-0.15, -0.1) is 5.10 Å². The summed E-state index contributed by atoms with van der Waals surface area (Å²) in [7, 11) is 0. The molecular weight excluding hydrogens is 364 g/mol. The Morgan fingerprint density at radius 2 is 1.93 bits per heavy atom. The van der Waals surface area contributed by atoms with Gasteiger partial charge in [-0.05, 0) is 62.5 Å². The monoisotopic (exact) mass is 390 g/mol. The smallest absolute Gasteiger partial charge is 0.274 e. The first-order chi connectivity index (χ1) is 14.1. The topological polar surface area (TPSA) is 84.7 Å². The lowest BCUT2D eigenvalue weighted by Crippen LogP contribution is -2.31. The summed E-state index contributed by atoms with van der Waals surface area (Å²) in [6.07, 6.45) is 5.61. The molecule has 0 radical (unpaired) electrons. The van der Waals surface area contributed by atoms with E-state index in [2.05, 4.69) is 25.9 Å². The molecule has 1 fully saturated rings. The number of rotatable bonds is 5. The number of hydrogen-bond acceptors (Lipinski definition) is 5. The summed E-state index contributed by atoms with van der Waals surface area (Å²) in [6.45, 7) is 5.84. The maximum atomic E-state index is 12.8. The summed E-state index contributed by atoms with van der Waals surface area (Å²) in [4.78, 5) is 16.9. The lowest BCUT2D eigenvalue weighted by molar-refractivity contribution is 0.0934. The highest BCUT2D eigenvalue weighted by molar-refractivity contribution is 5.93. The van der Waals surface area contributed by atoms with Crippen LogP contribution in [0.25, 0.3) is 11.1 Å². The Bertz CT molecular complexity index is 961. The van der Waals surface area contributed by atoms with Gasteiger partial charge in [0, 0.05) is 12.4 Å². The maximum absolute atomic E-state index is 12.8. The van der Waals surface area contributed by atoms with Crippen LogP contribution in [0, 0.1) is 6.92 Å². The second kappa shape index (κ2) is 8.53. The first-order valence-electron chi connectivity index (χ1n) is 10.1. The Morgan fingerprint density at radius 1 is 1.17 bits per heavy atom. The van der Waals surface area contributed by atoms with Crippen LogP contribution in [0.1, 0.15) is 53.6 Å². The average Bonchev–Trinajstić information content (AvgIpc) is 3.16. The molecule has 3 heterocycles. The highest BCUT2D eigenvalue weighted by Gasteiger charge is 2.23. The first kappa shape index (κ1) is 19.3. The van der Waals surface area contributed by atoms with Crippen molar-refractivity contribution in [1.82, 2.24) is 30.6 Å². The first-order valence-corrected chi connectivity index (χ1v) is 10.1. The second-order valence-corrected chi connectivity index (χ2v) is 7.51. The molecule has 4 rings (SSSR count). The predicted molar refractivity (Wildman–Crippen MR) is 111 cm³/mol. The van der Waals surface area contributed by atoms with E-state index in [1.807, 2.05) is 61.1 Å². The Kier molecular flexibility index (Phi) is 5.67. The third kappa shape index (κ3) is 4.19. The van der Waals surface area contributed by atoms with Crippen molar-refractivity contribution in [3.05, 3.63) is 65.7 Å². The van der Waals surface area contributed by atoms with Gasteiger partial charge in [0.25, 0.3) is 5.91 Å². The van der Waals surface area contributed by atoms with Gasteiger partial charge in [0.05, 0.1) is 17.8 Å². The molecule has 1 unspecified atom stereocenters. The number of nitrogens with zero attached hydrogens (tertiary/aromatic N) is 4. The number of carbonyl (C=O) groups is 1. The maximum Gasteiger partial charge on any atom is 0.274 e. The standard InChI is InChI=1S/C22H26N6O/c1-15(17-5-7-18(8-6-17)19-4-3-11-24-14-19)25-22(29)21-16(2)28(27-26-21)20-9-12-23-13-10-20/h3-8,11,14-15,20,23H,9-10,12-13H2,1-2H3,(H,25,29). The van der Waals surface area contributed by atoms with Gasteiger partial charge < -0.3 is 10.6 Å². The predicted octanol–water partition coefficient (Wildman–Crippen LogP) is 3.06. The van der Waals surface area contributed by atoms with E-state index in [9.17, 15) is 4.79 Å². The third-order valence-corrected chi connectivity index (χ3v) is 5.55. The molecule has 1 saturated heterocycles. The van der Waals surface area contributed by atoms with Crippen LogP contribution in [0.4, 0.5) is 0 Å². The average molecular weight is 390 g/mol. The molecule has 1 atom stereocenters. The quantitative estimate of drug-likeness (QED) is 0.699. The Hall–Kier alpha value is -3.06. The van der Waals surface area contributed by atoms with Gasteiger partial charge in [0.15, 0.2) is 5.69 Å². The van der Waals surface area contributed by atoms with Crippen molar-refractivity contribution in [2.75, 3.05) is 13.1 Å². The second-order valence-electron chi connectivity index (χ2n) is 7.51. The van der Waals surface area contributed by atoms with Gasteiger partial charge in [-0.25, -0.2) is 4.68 Å². The van der Waals surface area contributed by atoms with Crippen molar-refractivity contribution < 1.29 is 4.79 Å². The number of pyridine rings is 1. The summed E-state index contributed by atoms with van der Waals surface area (Å²) in [5, 5.41) is 14.8. The minimum atomic E-state index is -0.188. The number of aromatic nitrogens is 4. The third-order valence-electron chi connectivity index (χ3n) is 5.55. The zero-order valence-corrected chi connectivity index (χ0v) is 16.8. The Balaban J connectivity index is 1.44. The molecule has 29 heavy (non-hydrogen) atoms. The van der Waals surface area contributed by atoms with Crippen molar-refractivity contribution in [2.45, 2.75) is 38.8 Å². The largest absolute Gasteiger partial charge is 0.344 e. The van der Waals surface area contributed by atoms with Gasteiger partial charge in [-0.3, -0.25) is 9.78 Å². The number of carbonyl (C=O) groups excluding carboxylic acids is 1. The van der Waals surface area contributed by atoms with Gasteiger partial charge in [0.2, 0.25) is 0 Å². The molecular formula is C22H26N6O. The zero-order chi connectivity index (χ0) is 20.2. The molecule has 0 bridgehead atoms. The van der Waals surface area contributed by atoms with E-state index in [4.69, 9.17) is 0 Å². The van der Waals surface area contributed by atoms with Crippen LogP contribution in [0.2, 0.25) is 0 Å². The summed E-state index contributed by atoms with van der Waals surface area (Å²) in [6, 6.07) is 12.3. The Labute approximate surface area is 170 Å². The molecule has 3 aromatic rings. The SMILES string of the molecule is Cc1c(C(=O)NC(C)c2ccc(-c3cccnc3)cc2)nnn1C1CCNCC1. The Morgan fingerprint density at radius 3 is 2.62 bits per heavy atom. The molecule has 1 amide bonds. The van der Waals surface area contributed by atoms with Gasteiger partial charge >= 0.3 is 0 Å². The van der Waals surface area contributed by atoms with E-state index < -0.39 is 0 Å². The van der Waals surface area contributed by atoms with Crippen LogP contribution < -0.4 is 10.6 Å². The molecule has 1 aliphatic rings. The van der Waals surface area contributed by atoms with Crippen LogP contribution in [-0.2, 0) is 0 Å². The fourth-order valence-electron chi connectivity index (χ4n) is 3.79. The molecule has 1 aromatic carbocycles. The van der Waals surface area contributed by atoms with Crippen LogP contribution in [0.15, 0.2) is 48.8 Å². The van der Waals surface area contributed by atoms with Crippen LogP contribution >= 0.6 is 0 Å². The molecule has 1 aliphatic heterocycles. The summed E-state index contributed by atoms with van der Waals surface area (Å²) >= 11 is 0. The number of benzene rings is 1. The molecule has 7 heteroatoms. The number of hydrogen-bond donors (Lipinski definition) is 2. The van der Waals surface area contributed by atoms with Gasteiger partial charge in [-0.1, -0.05) is 35.5 Å². The summed E-state index contributed by atoms with van der Waals surface area (Å²) in [5.41, 5.74) is 4.44. The lowest BCUT2D eigenvalue weighted by Gasteiger charge is -2.23. The molecule has 2 aromatic heterocycles. The van der Waals surface area contributed by atoms with E-state index in [0.717, 1.165) is 48.3 Å². The minimum absolute atomic E-state index is 0.131. The summed E-state index contributed by atoms with van der Waals surface area (Å²) < 4.78 is 1.91. The van der Waals surface area contributed by atoms with E-state index in [0.29, 0.717) is 11.7 Å². The molecule has 0 saturated carbocycles.